The SMILES string of the molecule is O=C(O)c1cccc(-n2cc(-c3cc(C(=O)N4CCCCC4)cc(-c4cn(-c5cccc(C(=O)O)c5O)nn4)n3)nn2)c1O. The Morgan fingerprint density at radius 2 is 1.14 bits per heavy atom. The monoisotopic (exact) mass is 596 g/mol. The number of rotatable bonds is 7. The van der Waals surface area contributed by atoms with E-state index >= 15 is 0 Å². The van der Waals surface area contributed by atoms with Gasteiger partial charge in [0.25, 0.3) is 5.91 Å². The second-order valence-electron chi connectivity index (χ2n) is 10.0. The molecule has 4 heterocycles. The summed E-state index contributed by atoms with van der Waals surface area (Å²) in [5.74, 6) is -3.82. The molecule has 0 aliphatic carbocycles. The first-order chi connectivity index (χ1) is 21.2. The number of pyridine rings is 1. The summed E-state index contributed by atoms with van der Waals surface area (Å²) in [5.41, 5.74) is 0.780. The first-order valence-corrected chi connectivity index (χ1v) is 13.5. The zero-order valence-corrected chi connectivity index (χ0v) is 22.9. The summed E-state index contributed by atoms with van der Waals surface area (Å²) < 4.78 is 2.40. The molecule has 0 atom stereocenters. The second kappa shape index (κ2) is 11.3. The van der Waals surface area contributed by atoms with Crippen LogP contribution in [0, 0.1) is 0 Å². The number of carbonyl (C=O) groups excluding carboxylic acids is 1. The first-order valence-electron chi connectivity index (χ1n) is 13.5. The van der Waals surface area contributed by atoms with Crippen molar-refractivity contribution in [2.24, 2.45) is 0 Å². The van der Waals surface area contributed by atoms with Crippen molar-refractivity contribution in [1.29, 1.82) is 0 Å². The number of carbonyl (C=O) groups is 3. The number of aromatic hydroxyl groups is 2. The van der Waals surface area contributed by atoms with Crippen molar-refractivity contribution in [1.82, 2.24) is 39.9 Å². The molecule has 4 N–H and O–H groups in total. The van der Waals surface area contributed by atoms with Crippen molar-refractivity contribution >= 4 is 17.8 Å². The van der Waals surface area contributed by atoms with E-state index in [9.17, 15) is 34.8 Å². The van der Waals surface area contributed by atoms with Gasteiger partial charge in [0, 0.05) is 18.7 Å². The maximum atomic E-state index is 13.6. The molecule has 15 heteroatoms. The van der Waals surface area contributed by atoms with Crippen LogP contribution >= 0.6 is 0 Å². The Kier molecular flexibility index (Phi) is 7.18. The Balaban J connectivity index is 1.43. The fourth-order valence-electron chi connectivity index (χ4n) is 4.97. The predicted molar refractivity (Wildman–Crippen MR) is 152 cm³/mol. The third-order valence-electron chi connectivity index (χ3n) is 7.21. The van der Waals surface area contributed by atoms with E-state index in [1.54, 1.807) is 17.0 Å². The Bertz CT molecular complexity index is 1810. The van der Waals surface area contributed by atoms with Gasteiger partial charge in [-0.1, -0.05) is 22.6 Å². The van der Waals surface area contributed by atoms with E-state index in [2.05, 4.69) is 25.6 Å². The summed E-state index contributed by atoms with van der Waals surface area (Å²) in [6.45, 7) is 1.22. The molecule has 0 saturated carbocycles. The second-order valence-corrected chi connectivity index (χ2v) is 10.0. The number of phenols is 2. The number of piperidine rings is 1. The third kappa shape index (κ3) is 5.17. The molecule has 1 aliphatic rings. The minimum absolute atomic E-state index is 0.0794. The molecule has 5 aromatic rings. The highest BCUT2D eigenvalue weighted by Gasteiger charge is 2.23. The predicted octanol–water partition coefficient (Wildman–Crippen LogP) is 3.01. The minimum atomic E-state index is -1.31. The molecule has 1 saturated heterocycles. The van der Waals surface area contributed by atoms with Crippen molar-refractivity contribution < 1.29 is 34.8 Å². The lowest BCUT2D eigenvalue weighted by atomic mass is 10.1. The number of carboxylic acid groups (broad SMARTS) is 2. The zero-order valence-electron chi connectivity index (χ0n) is 22.9. The van der Waals surface area contributed by atoms with Crippen LogP contribution in [0.5, 0.6) is 11.5 Å². The topological polar surface area (TPSA) is 210 Å². The maximum absolute atomic E-state index is 13.6. The summed E-state index contributed by atoms with van der Waals surface area (Å²) in [6, 6.07) is 11.5. The third-order valence-corrected chi connectivity index (χ3v) is 7.21. The van der Waals surface area contributed by atoms with Crippen LogP contribution < -0.4 is 0 Å². The number of aromatic nitrogens is 7. The number of aromatic carboxylic acids is 2. The van der Waals surface area contributed by atoms with Gasteiger partial charge in [0.15, 0.2) is 11.5 Å². The number of hydrogen-bond donors (Lipinski definition) is 4. The molecule has 6 rings (SSSR count). The zero-order chi connectivity index (χ0) is 31.0. The van der Waals surface area contributed by atoms with Gasteiger partial charge in [-0.25, -0.2) is 23.9 Å². The number of hydrogen-bond acceptors (Lipinski definition) is 10. The van der Waals surface area contributed by atoms with Crippen LogP contribution in [0.1, 0.15) is 50.3 Å². The molecular weight excluding hydrogens is 572 g/mol. The number of benzene rings is 2. The van der Waals surface area contributed by atoms with Gasteiger partial charge in [0.2, 0.25) is 0 Å². The van der Waals surface area contributed by atoms with Gasteiger partial charge in [-0.2, -0.15) is 0 Å². The van der Waals surface area contributed by atoms with Gasteiger partial charge in [-0.15, -0.1) is 10.2 Å². The molecule has 222 valence electrons. The van der Waals surface area contributed by atoms with Gasteiger partial charge in [0.05, 0.1) is 23.8 Å². The lowest BCUT2D eigenvalue weighted by Gasteiger charge is -2.26. The Hall–Kier alpha value is -6.12. The number of carboxylic acids is 2. The average molecular weight is 597 g/mol. The summed E-state index contributed by atoms with van der Waals surface area (Å²) in [7, 11) is 0. The molecule has 0 spiro atoms. The highest BCUT2D eigenvalue weighted by molar-refractivity contribution is 5.96. The smallest absolute Gasteiger partial charge is 0.339 e. The maximum Gasteiger partial charge on any atom is 0.339 e. The van der Waals surface area contributed by atoms with Crippen molar-refractivity contribution in [3.05, 3.63) is 77.6 Å². The molecule has 0 bridgehead atoms. The summed E-state index contributed by atoms with van der Waals surface area (Å²) in [4.78, 5) is 42.9. The van der Waals surface area contributed by atoms with E-state index in [1.807, 2.05) is 0 Å². The lowest BCUT2D eigenvalue weighted by Crippen LogP contribution is -2.35. The molecular formula is C29H24N8O7. The van der Waals surface area contributed by atoms with E-state index in [0.717, 1.165) is 19.3 Å². The standard InChI is InChI=1S/C29H24N8O7/c38-25-17(28(41)42)6-4-8-23(25)36-14-21(31-33-36)19-12-16(27(40)35-10-2-1-3-11-35)13-20(30-19)22-15-37(34-32-22)24-9-5-7-18(26(24)39)29(43)44/h4-9,12-15,38-39H,1-3,10-11H2,(H,41,42)(H,43,44). The van der Waals surface area contributed by atoms with E-state index in [-0.39, 0.29) is 51.2 Å². The molecule has 1 aliphatic heterocycles. The van der Waals surface area contributed by atoms with E-state index in [4.69, 9.17) is 0 Å². The number of amides is 1. The number of likely N-dealkylation sites (tertiary alicyclic amines) is 1. The van der Waals surface area contributed by atoms with E-state index in [0.29, 0.717) is 18.7 Å². The summed E-state index contributed by atoms with van der Waals surface area (Å²) >= 11 is 0. The van der Waals surface area contributed by atoms with Crippen LogP contribution in [0.25, 0.3) is 34.2 Å². The van der Waals surface area contributed by atoms with E-state index < -0.39 is 23.4 Å². The lowest BCUT2D eigenvalue weighted by molar-refractivity contribution is 0.0682. The van der Waals surface area contributed by atoms with Crippen LogP contribution in [0.2, 0.25) is 0 Å². The van der Waals surface area contributed by atoms with E-state index in [1.165, 1.54) is 58.2 Å². The average Bonchev–Trinajstić information content (AvgIpc) is 3.72. The normalized spacial score (nSPS) is 13.1. The molecule has 1 amide bonds. The van der Waals surface area contributed by atoms with Crippen LogP contribution in [0.4, 0.5) is 0 Å². The molecule has 44 heavy (non-hydrogen) atoms. The van der Waals surface area contributed by atoms with Gasteiger partial charge >= 0.3 is 11.9 Å². The molecule has 3 aromatic heterocycles. The quantitative estimate of drug-likeness (QED) is 0.214. The van der Waals surface area contributed by atoms with Gasteiger partial charge in [-0.05, 0) is 55.7 Å². The van der Waals surface area contributed by atoms with Crippen molar-refractivity contribution in [3.63, 3.8) is 0 Å². The summed E-state index contributed by atoms with van der Waals surface area (Å²) in [5, 5.41) is 56.1. The van der Waals surface area contributed by atoms with Crippen LogP contribution in [0.15, 0.2) is 60.9 Å². The molecule has 0 radical (unpaired) electrons. The fraction of sp³-hybridized carbons (Fsp3) is 0.172. The van der Waals surface area contributed by atoms with Gasteiger partial charge in [-0.3, -0.25) is 4.79 Å². The highest BCUT2D eigenvalue weighted by Crippen LogP contribution is 2.30. The number of nitrogens with zero attached hydrogens (tertiary/aromatic N) is 8. The fourth-order valence-corrected chi connectivity index (χ4v) is 4.97. The Labute approximate surface area is 248 Å². The van der Waals surface area contributed by atoms with Crippen LogP contribution in [0.3, 0.4) is 0 Å². The van der Waals surface area contributed by atoms with Crippen LogP contribution in [-0.4, -0.2) is 91.2 Å². The van der Waals surface area contributed by atoms with Crippen molar-refractivity contribution in [2.45, 2.75) is 19.3 Å². The number of para-hydroxylation sites is 2. The molecule has 2 aromatic carbocycles. The molecule has 0 unspecified atom stereocenters. The minimum Gasteiger partial charge on any atom is -0.505 e. The van der Waals surface area contributed by atoms with Gasteiger partial charge in [0.1, 0.15) is 33.9 Å². The first kappa shape index (κ1) is 28.0. The molecule has 15 nitrogen and oxygen atoms in total. The van der Waals surface area contributed by atoms with Crippen molar-refractivity contribution in [3.8, 4) is 45.6 Å². The van der Waals surface area contributed by atoms with Crippen molar-refractivity contribution in [2.75, 3.05) is 13.1 Å². The van der Waals surface area contributed by atoms with Gasteiger partial charge < -0.3 is 25.3 Å². The Morgan fingerprint density at radius 3 is 1.59 bits per heavy atom. The molecule has 1 fully saturated rings. The highest BCUT2D eigenvalue weighted by atomic mass is 16.4. The van der Waals surface area contributed by atoms with Crippen LogP contribution in [-0.2, 0) is 0 Å². The Morgan fingerprint density at radius 1 is 0.659 bits per heavy atom. The summed E-state index contributed by atoms with van der Waals surface area (Å²) in [6.07, 6.45) is 5.69. The largest absolute Gasteiger partial charge is 0.505 e.